The Morgan fingerprint density at radius 2 is 2.00 bits per heavy atom. The van der Waals surface area contributed by atoms with Gasteiger partial charge in [0.05, 0.1) is 13.2 Å². The van der Waals surface area contributed by atoms with E-state index in [1.54, 1.807) is 13.3 Å². The first-order chi connectivity index (χ1) is 9.28. The number of anilines is 1. The molecular formula is C15H18N2O2. The number of pyridine rings is 1. The zero-order valence-corrected chi connectivity index (χ0v) is 10.9. The van der Waals surface area contributed by atoms with Crippen molar-refractivity contribution in [1.29, 1.82) is 0 Å². The summed E-state index contributed by atoms with van der Waals surface area (Å²) in [5, 5.41) is 13.1. The van der Waals surface area contributed by atoms with E-state index in [9.17, 15) is 5.11 Å². The summed E-state index contributed by atoms with van der Waals surface area (Å²) in [6.07, 6.45) is 1.87. The number of aromatic nitrogens is 1. The second-order valence-electron chi connectivity index (χ2n) is 4.30. The van der Waals surface area contributed by atoms with Crippen LogP contribution in [-0.2, 0) is 6.42 Å². The zero-order valence-electron chi connectivity index (χ0n) is 10.9. The number of aliphatic hydroxyl groups is 1. The van der Waals surface area contributed by atoms with Crippen molar-refractivity contribution in [2.75, 3.05) is 19.0 Å². The van der Waals surface area contributed by atoms with E-state index in [1.165, 1.54) is 0 Å². The van der Waals surface area contributed by atoms with E-state index in [2.05, 4.69) is 10.3 Å². The summed E-state index contributed by atoms with van der Waals surface area (Å²) in [5.74, 6) is 1.60. The first-order valence-corrected chi connectivity index (χ1v) is 6.24. The molecule has 0 amide bonds. The normalized spacial score (nSPS) is 11.9. The Morgan fingerprint density at radius 3 is 2.63 bits per heavy atom. The van der Waals surface area contributed by atoms with Crippen LogP contribution >= 0.6 is 0 Å². The van der Waals surface area contributed by atoms with Gasteiger partial charge in [-0.1, -0.05) is 18.2 Å². The van der Waals surface area contributed by atoms with Gasteiger partial charge in [0.2, 0.25) is 0 Å². The third-order valence-electron chi connectivity index (χ3n) is 2.81. The van der Waals surface area contributed by atoms with E-state index in [-0.39, 0.29) is 0 Å². The second-order valence-corrected chi connectivity index (χ2v) is 4.30. The SMILES string of the molecule is COc1ccc(CC(O)CNc2ccccn2)cc1. The molecule has 1 atom stereocenters. The topological polar surface area (TPSA) is 54.4 Å². The molecule has 1 unspecified atom stereocenters. The molecule has 0 bridgehead atoms. The quantitative estimate of drug-likeness (QED) is 0.833. The molecule has 0 saturated carbocycles. The van der Waals surface area contributed by atoms with Gasteiger partial charge < -0.3 is 15.2 Å². The highest BCUT2D eigenvalue weighted by molar-refractivity contribution is 5.33. The van der Waals surface area contributed by atoms with Crippen LogP contribution in [0.2, 0.25) is 0 Å². The summed E-state index contributed by atoms with van der Waals surface area (Å²) >= 11 is 0. The summed E-state index contributed by atoms with van der Waals surface area (Å²) < 4.78 is 5.10. The maximum absolute atomic E-state index is 9.97. The van der Waals surface area contributed by atoms with E-state index >= 15 is 0 Å². The van der Waals surface area contributed by atoms with Crippen molar-refractivity contribution in [3.05, 3.63) is 54.2 Å². The molecule has 2 aromatic rings. The van der Waals surface area contributed by atoms with Crippen LogP contribution in [0.3, 0.4) is 0 Å². The van der Waals surface area contributed by atoms with Crippen LogP contribution in [0.5, 0.6) is 5.75 Å². The van der Waals surface area contributed by atoms with Crippen molar-refractivity contribution in [3.63, 3.8) is 0 Å². The fourth-order valence-electron chi connectivity index (χ4n) is 1.80. The molecule has 0 aliphatic rings. The van der Waals surface area contributed by atoms with E-state index in [0.29, 0.717) is 13.0 Å². The highest BCUT2D eigenvalue weighted by Gasteiger charge is 2.06. The molecule has 0 radical (unpaired) electrons. The number of nitrogens with zero attached hydrogens (tertiary/aromatic N) is 1. The van der Waals surface area contributed by atoms with Crippen LogP contribution in [0.25, 0.3) is 0 Å². The Balaban J connectivity index is 1.82. The maximum Gasteiger partial charge on any atom is 0.125 e. The highest BCUT2D eigenvalue weighted by atomic mass is 16.5. The molecule has 100 valence electrons. The van der Waals surface area contributed by atoms with Crippen molar-refractivity contribution in [1.82, 2.24) is 4.98 Å². The predicted molar refractivity (Wildman–Crippen MR) is 75.4 cm³/mol. The van der Waals surface area contributed by atoms with Crippen molar-refractivity contribution in [2.24, 2.45) is 0 Å². The molecular weight excluding hydrogens is 240 g/mol. The minimum Gasteiger partial charge on any atom is -0.497 e. The van der Waals surface area contributed by atoms with Crippen LogP contribution in [0.15, 0.2) is 48.7 Å². The summed E-state index contributed by atoms with van der Waals surface area (Å²) in [7, 11) is 1.64. The average molecular weight is 258 g/mol. The third-order valence-corrected chi connectivity index (χ3v) is 2.81. The molecule has 4 nitrogen and oxygen atoms in total. The van der Waals surface area contributed by atoms with E-state index in [1.807, 2.05) is 42.5 Å². The smallest absolute Gasteiger partial charge is 0.125 e. The van der Waals surface area contributed by atoms with Gasteiger partial charge in [-0.25, -0.2) is 4.98 Å². The lowest BCUT2D eigenvalue weighted by atomic mass is 10.1. The Kier molecular flexibility index (Phi) is 4.75. The molecule has 0 aliphatic heterocycles. The summed E-state index contributed by atoms with van der Waals surface area (Å²) in [6, 6.07) is 13.4. The maximum atomic E-state index is 9.97. The molecule has 1 aromatic heterocycles. The molecule has 0 spiro atoms. The van der Waals surface area contributed by atoms with Gasteiger partial charge in [0, 0.05) is 19.2 Å². The van der Waals surface area contributed by atoms with Crippen molar-refractivity contribution in [2.45, 2.75) is 12.5 Å². The van der Waals surface area contributed by atoms with Crippen LogP contribution < -0.4 is 10.1 Å². The predicted octanol–water partition coefficient (Wildman–Crippen LogP) is 2.11. The van der Waals surface area contributed by atoms with Crippen LogP contribution in [0.1, 0.15) is 5.56 Å². The van der Waals surface area contributed by atoms with Gasteiger partial charge in [-0.15, -0.1) is 0 Å². The standard InChI is InChI=1S/C15H18N2O2/c1-19-14-7-5-12(6-8-14)10-13(18)11-17-15-4-2-3-9-16-15/h2-9,13,18H,10-11H2,1H3,(H,16,17). The van der Waals surface area contributed by atoms with Gasteiger partial charge in [0.25, 0.3) is 0 Å². The summed E-state index contributed by atoms with van der Waals surface area (Å²) in [4.78, 5) is 4.14. The third kappa shape index (κ3) is 4.26. The minimum atomic E-state index is -0.449. The van der Waals surface area contributed by atoms with E-state index < -0.39 is 6.10 Å². The Hall–Kier alpha value is -2.07. The average Bonchev–Trinajstić information content (AvgIpc) is 2.47. The number of hydrogen-bond donors (Lipinski definition) is 2. The molecule has 4 heteroatoms. The monoisotopic (exact) mass is 258 g/mol. The highest BCUT2D eigenvalue weighted by Crippen LogP contribution is 2.13. The number of methoxy groups -OCH3 is 1. The summed E-state index contributed by atoms with van der Waals surface area (Å²) in [5.41, 5.74) is 1.08. The lowest BCUT2D eigenvalue weighted by Gasteiger charge is -2.12. The lowest BCUT2D eigenvalue weighted by molar-refractivity contribution is 0.188. The van der Waals surface area contributed by atoms with E-state index in [0.717, 1.165) is 17.1 Å². The lowest BCUT2D eigenvalue weighted by Crippen LogP contribution is -2.22. The van der Waals surface area contributed by atoms with Crippen molar-refractivity contribution in [3.8, 4) is 5.75 Å². The Morgan fingerprint density at radius 1 is 1.21 bits per heavy atom. The van der Waals surface area contributed by atoms with Gasteiger partial charge in [0.1, 0.15) is 11.6 Å². The number of aliphatic hydroxyl groups excluding tert-OH is 1. The Labute approximate surface area is 113 Å². The molecule has 1 aromatic carbocycles. The fourth-order valence-corrected chi connectivity index (χ4v) is 1.80. The molecule has 0 aliphatic carbocycles. The first-order valence-electron chi connectivity index (χ1n) is 6.24. The molecule has 2 rings (SSSR count). The molecule has 0 fully saturated rings. The van der Waals surface area contributed by atoms with Gasteiger partial charge in [-0.05, 0) is 29.8 Å². The molecule has 2 N–H and O–H groups in total. The number of benzene rings is 1. The summed E-state index contributed by atoms with van der Waals surface area (Å²) in [6.45, 7) is 0.475. The minimum absolute atomic E-state index is 0.449. The number of rotatable bonds is 6. The number of hydrogen-bond acceptors (Lipinski definition) is 4. The molecule has 19 heavy (non-hydrogen) atoms. The van der Waals surface area contributed by atoms with Crippen molar-refractivity contribution < 1.29 is 9.84 Å². The fraction of sp³-hybridized carbons (Fsp3) is 0.267. The van der Waals surface area contributed by atoms with E-state index in [4.69, 9.17) is 4.74 Å². The van der Waals surface area contributed by atoms with Gasteiger partial charge >= 0.3 is 0 Å². The second kappa shape index (κ2) is 6.75. The van der Waals surface area contributed by atoms with Gasteiger partial charge in [0.15, 0.2) is 0 Å². The van der Waals surface area contributed by atoms with Crippen LogP contribution in [0.4, 0.5) is 5.82 Å². The Bertz CT molecular complexity index is 485. The molecule has 0 saturated heterocycles. The largest absolute Gasteiger partial charge is 0.497 e. The zero-order chi connectivity index (χ0) is 13.5. The van der Waals surface area contributed by atoms with Crippen LogP contribution in [-0.4, -0.2) is 29.8 Å². The van der Waals surface area contributed by atoms with Gasteiger partial charge in [-0.2, -0.15) is 0 Å². The van der Waals surface area contributed by atoms with Gasteiger partial charge in [-0.3, -0.25) is 0 Å². The first kappa shape index (κ1) is 13.4. The van der Waals surface area contributed by atoms with Crippen molar-refractivity contribution >= 4 is 5.82 Å². The molecule has 1 heterocycles. The van der Waals surface area contributed by atoms with Crippen LogP contribution in [0, 0.1) is 0 Å². The number of nitrogens with one attached hydrogen (secondary N) is 1. The number of ether oxygens (including phenoxy) is 1.